The fraction of sp³-hybridized carbons (Fsp3) is 0.259. The van der Waals surface area contributed by atoms with Crippen LogP contribution in [0.2, 0.25) is 5.02 Å². The number of nitrogens with zero attached hydrogens (tertiary/aromatic N) is 3. The topological polar surface area (TPSA) is 58.9 Å². The molecule has 0 unspecified atom stereocenters. The second kappa shape index (κ2) is 9.87. The quantitative estimate of drug-likeness (QED) is 0.402. The molecule has 6 nitrogen and oxygen atoms in total. The molecule has 4 aromatic rings. The summed E-state index contributed by atoms with van der Waals surface area (Å²) in [6.07, 6.45) is 6.38. The molecular formula is C27H27ClN4O2. The summed E-state index contributed by atoms with van der Waals surface area (Å²) in [5.41, 5.74) is 4.42. The number of rotatable bonds is 7. The number of halogens is 1. The SMILES string of the molecule is COc1cc(-c2ccc3cnc(-c4cccc(Cl)c4)n3c2)ccc1C(=O)NCCN1CCCC1. The highest BCUT2D eigenvalue weighted by atomic mass is 35.5. The van der Waals surface area contributed by atoms with Crippen molar-refractivity contribution in [1.29, 1.82) is 0 Å². The molecule has 34 heavy (non-hydrogen) atoms. The lowest BCUT2D eigenvalue weighted by Gasteiger charge is -2.16. The molecule has 3 heterocycles. The van der Waals surface area contributed by atoms with E-state index in [1.807, 2.05) is 71.4 Å². The van der Waals surface area contributed by atoms with Gasteiger partial charge in [0.05, 0.1) is 24.4 Å². The predicted octanol–water partition coefficient (Wildman–Crippen LogP) is 5.16. The molecular weight excluding hydrogens is 448 g/mol. The second-order valence-electron chi connectivity index (χ2n) is 8.52. The highest BCUT2D eigenvalue weighted by Gasteiger charge is 2.16. The number of nitrogens with one attached hydrogen (secondary N) is 1. The van der Waals surface area contributed by atoms with Crippen LogP contribution in [-0.4, -0.2) is 53.5 Å². The number of likely N-dealkylation sites (tertiary alicyclic amines) is 1. The molecule has 1 saturated heterocycles. The van der Waals surface area contributed by atoms with Gasteiger partial charge in [0.25, 0.3) is 5.91 Å². The second-order valence-corrected chi connectivity index (χ2v) is 8.96. The van der Waals surface area contributed by atoms with Gasteiger partial charge < -0.3 is 15.0 Å². The van der Waals surface area contributed by atoms with E-state index in [0.29, 0.717) is 22.9 Å². The van der Waals surface area contributed by atoms with Crippen LogP contribution in [0.25, 0.3) is 28.0 Å². The molecule has 0 aliphatic carbocycles. The number of imidazole rings is 1. The zero-order chi connectivity index (χ0) is 23.5. The lowest BCUT2D eigenvalue weighted by Crippen LogP contribution is -2.33. The maximum Gasteiger partial charge on any atom is 0.255 e. The molecule has 1 aliphatic rings. The van der Waals surface area contributed by atoms with E-state index in [1.165, 1.54) is 12.8 Å². The highest BCUT2D eigenvalue weighted by Crippen LogP contribution is 2.30. The molecule has 1 fully saturated rings. The van der Waals surface area contributed by atoms with Crippen molar-refractivity contribution < 1.29 is 9.53 Å². The molecule has 174 valence electrons. The first-order valence-electron chi connectivity index (χ1n) is 11.5. The number of aromatic nitrogens is 2. The summed E-state index contributed by atoms with van der Waals surface area (Å²) < 4.78 is 7.63. The first-order chi connectivity index (χ1) is 16.6. The lowest BCUT2D eigenvalue weighted by molar-refractivity contribution is 0.0946. The van der Waals surface area contributed by atoms with Crippen LogP contribution >= 0.6 is 11.6 Å². The number of carbonyl (C=O) groups is 1. The summed E-state index contributed by atoms with van der Waals surface area (Å²) in [4.78, 5) is 19.8. The fourth-order valence-electron chi connectivity index (χ4n) is 4.49. The van der Waals surface area contributed by atoms with Crippen molar-refractivity contribution in [3.05, 3.63) is 77.6 Å². The fourth-order valence-corrected chi connectivity index (χ4v) is 4.68. The molecule has 1 aliphatic heterocycles. The average Bonchev–Trinajstić information content (AvgIpc) is 3.53. The minimum atomic E-state index is -0.115. The van der Waals surface area contributed by atoms with Gasteiger partial charge in [-0.25, -0.2) is 4.98 Å². The lowest BCUT2D eigenvalue weighted by atomic mass is 10.0. The molecule has 1 amide bonds. The van der Waals surface area contributed by atoms with Gasteiger partial charge in [-0.15, -0.1) is 0 Å². The van der Waals surface area contributed by atoms with Gasteiger partial charge in [-0.1, -0.05) is 35.9 Å². The van der Waals surface area contributed by atoms with Crippen LogP contribution < -0.4 is 10.1 Å². The third-order valence-corrected chi connectivity index (χ3v) is 6.54. The first-order valence-corrected chi connectivity index (χ1v) is 11.9. The zero-order valence-corrected chi connectivity index (χ0v) is 19.9. The minimum absolute atomic E-state index is 0.115. The van der Waals surface area contributed by atoms with Crippen LogP contribution in [-0.2, 0) is 0 Å². The number of benzene rings is 2. The Morgan fingerprint density at radius 1 is 1.06 bits per heavy atom. The number of carbonyl (C=O) groups excluding carboxylic acids is 1. The first kappa shape index (κ1) is 22.4. The Hall–Kier alpha value is -3.35. The third-order valence-electron chi connectivity index (χ3n) is 6.30. The van der Waals surface area contributed by atoms with Crippen molar-refractivity contribution in [3.8, 4) is 28.3 Å². The van der Waals surface area contributed by atoms with Crippen LogP contribution in [0.5, 0.6) is 5.75 Å². The number of hydrogen-bond acceptors (Lipinski definition) is 4. The number of ether oxygens (including phenoxy) is 1. The van der Waals surface area contributed by atoms with Crippen molar-refractivity contribution >= 4 is 23.0 Å². The van der Waals surface area contributed by atoms with Crippen molar-refractivity contribution in [2.75, 3.05) is 33.3 Å². The summed E-state index contributed by atoms with van der Waals surface area (Å²) in [7, 11) is 1.59. The highest BCUT2D eigenvalue weighted by molar-refractivity contribution is 6.30. The van der Waals surface area contributed by atoms with Gasteiger partial charge in [0.2, 0.25) is 0 Å². The largest absolute Gasteiger partial charge is 0.496 e. The molecule has 0 spiro atoms. The third kappa shape index (κ3) is 4.65. The monoisotopic (exact) mass is 474 g/mol. The number of pyridine rings is 1. The van der Waals surface area contributed by atoms with Crippen LogP contribution in [0.4, 0.5) is 0 Å². The molecule has 2 aromatic carbocycles. The molecule has 0 bridgehead atoms. The van der Waals surface area contributed by atoms with Gasteiger partial charge in [-0.3, -0.25) is 9.20 Å². The molecule has 5 rings (SSSR count). The predicted molar refractivity (Wildman–Crippen MR) is 136 cm³/mol. The Balaban J connectivity index is 1.39. The Morgan fingerprint density at radius 3 is 2.68 bits per heavy atom. The Kier molecular flexibility index (Phi) is 6.52. The van der Waals surface area contributed by atoms with Gasteiger partial charge in [0.1, 0.15) is 11.6 Å². The zero-order valence-electron chi connectivity index (χ0n) is 19.1. The van der Waals surface area contributed by atoms with Gasteiger partial charge in [-0.2, -0.15) is 0 Å². The number of methoxy groups -OCH3 is 1. The van der Waals surface area contributed by atoms with E-state index in [1.54, 1.807) is 7.11 Å². The smallest absolute Gasteiger partial charge is 0.255 e. The van der Waals surface area contributed by atoms with Crippen molar-refractivity contribution in [2.24, 2.45) is 0 Å². The summed E-state index contributed by atoms with van der Waals surface area (Å²) in [5, 5.41) is 3.70. The molecule has 7 heteroatoms. The van der Waals surface area contributed by atoms with Crippen LogP contribution in [0, 0.1) is 0 Å². The van der Waals surface area contributed by atoms with Crippen LogP contribution in [0.1, 0.15) is 23.2 Å². The van der Waals surface area contributed by atoms with E-state index in [0.717, 1.165) is 47.7 Å². The van der Waals surface area contributed by atoms with Crippen molar-refractivity contribution in [1.82, 2.24) is 19.6 Å². The van der Waals surface area contributed by atoms with E-state index in [-0.39, 0.29) is 5.91 Å². The summed E-state index contributed by atoms with van der Waals surface area (Å²) in [5.74, 6) is 1.26. The van der Waals surface area contributed by atoms with Gasteiger partial charge in [-0.05, 0) is 67.4 Å². The van der Waals surface area contributed by atoms with Crippen molar-refractivity contribution in [2.45, 2.75) is 12.8 Å². The molecule has 0 saturated carbocycles. The number of amides is 1. The van der Waals surface area contributed by atoms with E-state index in [9.17, 15) is 4.79 Å². The summed E-state index contributed by atoms with van der Waals surface area (Å²) in [6.45, 7) is 3.75. The average molecular weight is 475 g/mol. The van der Waals surface area contributed by atoms with Crippen LogP contribution in [0.3, 0.4) is 0 Å². The van der Waals surface area contributed by atoms with E-state index in [2.05, 4.69) is 15.2 Å². The molecule has 0 radical (unpaired) electrons. The Labute approximate surface area is 204 Å². The Bertz CT molecular complexity index is 1330. The van der Waals surface area contributed by atoms with Gasteiger partial charge in [0.15, 0.2) is 0 Å². The normalized spacial score (nSPS) is 13.9. The maximum absolute atomic E-state index is 12.8. The standard InChI is InChI=1S/C27H27ClN4O2/c1-34-25-16-19(8-10-24(25)27(33)29-11-14-31-12-2-3-13-31)21-7-9-23-17-30-26(32(23)18-21)20-5-4-6-22(28)15-20/h4-10,15-18H,2-3,11-14H2,1H3,(H,29,33). The molecule has 0 atom stereocenters. The number of fused-ring (bicyclic) bond motifs is 1. The van der Waals surface area contributed by atoms with E-state index in [4.69, 9.17) is 16.3 Å². The minimum Gasteiger partial charge on any atom is -0.496 e. The molecule has 1 N–H and O–H groups in total. The van der Waals surface area contributed by atoms with Gasteiger partial charge >= 0.3 is 0 Å². The summed E-state index contributed by atoms with van der Waals surface area (Å²) in [6, 6.07) is 17.4. The Morgan fingerprint density at radius 2 is 1.88 bits per heavy atom. The number of hydrogen-bond donors (Lipinski definition) is 1. The summed E-state index contributed by atoms with van der Waals surface area (Å²) >= 11 is 6.19. The van der Waals surface area contributed by atoms with Crippen LogP contribution in [0.15, 0.2) is 67.0 Å². The van der Waals surface area contributed by atoms with E-state index < -0.39 is 0 Å². The van der Waals surface area contributed by atoms with E-state index >= 15 is 0 Å². The van der Waals surface area contributed by atoms with Gasteiger partial charge in [0, 0.05) is 29.9 Å². The maximum atomic E-state index is 12.8. The van der Waals surface area contributed by atoms with Crippen molar-refractivity contribution in [3.63, 3.8) is 0 Å². The molecule has 2 aromatic heterocycles.